The molecule has 3 saturated carbocycles. The monoisotopic (exact) mass is 779 g/mol. The van der Waals surface area contributed by atoms with Crippen molar-refractivity contribution < 1.29 is 54.4 Å². The number of halogens is 3. The zero-order chi connectivity index (χ0) is 39.2. The van der Waals surface area contributed by atoms with Crippen LogP contribution < -0.4 is 20.1 Å². The minimum absolute atomic E-state index is 0.00819. The van der Waals surface area contributed by atoms with Crippen molar-refractivity contribution in [3.8, 4) is 5.88 Å². The molecule has 4 aliphatic rings. The molecule has 18 heteroatoms. The molecule has 3 aliphatic carbocycles. The Morgan fingerprint density at radius 3 is 2.33 bits per heavy atom. The molecule has 0 radical (unpaired) electrons. The third-order valence-corrected chi connectivity index (χ3v) is 11.2. The van der Waals surface area contributed by atoms with Gasteiger partial charge >= 0.3 is 22.6 Å². The molecule has 1 aromatic heterocycles. The van der Waals surface area contributed by atoms with Gasteiger partial charge in [-0.15, -0.1) is 6.58 Å². The van der Waals surface area contributed by atoms with Gasteiger partial charge in [0.1, 0.15) is 29.8 Å². The molecule has 2 heterocycles. The summed E-state index contributed by atoms with van der Waals surface area (Å²) >= 11 is 0. The van der Waals surface area contributed by atoms with Crippen LogP contribution in [0, 0.1) is 11.3 Å². The predicted molar refractivity (Wildman–Crippen MR) is 187 cm³/mol. The number of fused-ring (bicyclic) bond motifs is 1. The van der Waals surface area contributed by atoms with Crippen LogP contribution in [0.1, 0.15) is 77.7 Å². The van der Waals surface area contributed by atoms with Crippen molar-refractivity contribution in [2.45, 2.75) is 114 Å². The standard InChI is InChI=1S/C36H44F3N5O9S/c1-5-20-18-35(20,32(47)43-54(49,50)53-22-13-14-22)42-29(45)27-17-23(51-30-25-11-8-12-26(36(37,38)39)24(25)15-16-40-30)19-44(27)31(46)28(34(2,3)4)41-33(48)52-21-9-6-7-10-21/h5,8,11-12,15-16,20-23,27-28H,1,6-7,9-10,13-14,17-19H2,2-4H3,(H,41,48)(H,42,45)(H,43,47)/t20-,23?,27+,28-,35?/m1/s1. The number of alkyl halides is 3. The molecule has 1 saturated heterocycles. The molecule has 3 N–H and O–H groups in total. The van der Waals surface area contributed by atoms with Gasteiger partial charge in [-0.3, -0.25) is 18.6 Å². The third kappa shape index (κ3) is 8.59. The third-order valence-electron chi connectivity index (χ3n) is 10.2. The van der Waals surface area contributed by atoms with Crippen LogP contribution in [0.5, 0.6) is 5.88 Å². The van der Waals surface area contributed by atoms with Crippen LogP contribution in [0.25, 0.3) is 10.8 Å². The van der Waals surface area contributed by atoms with Crippen molar-refractivity contribution in [1.29, 1.82) is 0 Å². The van der Waals surface area contributed by atoms with Gasteiger partial charge in [-0.1, -0.05) is 32.9 Å². The van der Waals surface area contributed by atoms with Gasteiger partial charge in [0.15, 0.2) is 0 Å². The maximum absolute atomic E-state index is 14.5. The first kappa shape index (κ1) is 39.2. The molecule has 2 unspecified atom stereocenters. The van der Waals surface area contributed by atoms with Gasteiger partial charge in [0.05, 0.1) is 18.2 Å². The first-order chi connectivity index (χ1) is 25.3. The van der Waals surface area contributed by atoms with Crippen LogP contribution in [-0.4, -0.2) is 84.6 Å². The highest BCUT2D eigenvalue weighted by Crippen LogP contribution is 2.45. The van der Waals surface area contributed by atoms with Gasteiger partial charge < -0.3 is 25.0 Å². The van der Waals surface area contributed by atoms with Gasteiger partial charge in [-0.2, -0.15) is 21.6 Å². The van der Waals surface area contributed by atoms with Crippen molar-refractivity contribution in [3.63, 3.8) is 0 Å². The lowest BCUT2D eigenvalue weighted by atomic mass is 9.85. The molecule has 0 bridgehead atoms. The molecule has 4 fully saturated rings. The number of amides is 4. The van der Waals surface area contributed by atoms with Gasteiger partial charge in [0.2, 0.25) is 17.7 Å². The maximum Gasteiger partial charge on any atom is 0.417 e. The minimum atomic E-state index is -4.66. The number of ether oxygens (including phenoxy) is 2. The Hall–Kier alpha value is -4.45. The van der Waals surface area contributed by atoms with E-state index >= 15 is 0 Å². The van der Waals surface area contributed by atoms with E-state index in [0.29, 0.717) is 25.7 Å². The van der Waals surface area contributed by atoms with E-state index in [0.717, 1.165) is 25.1 Å². The summed E-state index contributed by atoms with van der Waals surface area (Å²) < 4.78 is 85.1. The van der Waals surface area contributed by atoms with Crippen LogP contribution in [-0.2, 0) is 39.8 Å². The largest absolute Gasteiger partial charge is 0.472 e. The van der Waals surface area contributed by atoms with Crippen molar-refractivity contribution in [2.75, 3.05) is 6.54 Å². The van der Waals surface area contributed by atoms with Crippen LogP contribution in [0.15, 0.2) is 43.1 Å². The molecule has 2 aromatic rings. The Bertz CT molecular complexity index is 1930. The number of pyridine rings is 1. The lowest BCUT2D eigenvalue weighted by Crippen LogP contribution is -2.60. The van der Waals surface area contributed by atoms with E-state index in [2.05, 4.69) is 22.2 Å². The number of likely N-dealkylation sites (tertiary alicyclic amines) is 1. The summed E-state index contributed by atoms with van der Waals surface area (Å²) in [5, 5.41) is 5.21. The zero-order valence-corrected chi connectivity index (χ0v) is 30.9. The average molecular weight is 780 g/mol. The fourth-order valence-electron chi connectivity index (χ4n) is 7.09. The lowest BCUT2D eigenvalue weighted by Gasteiger charge is -2.35. The number of hydrogen-bond donors (Lipinski definition) is 3. The SMILES string of the molecule is C=C[C@@H]1CC1(NC(=O)[C@@H]1CC(Oc2nccc3c(C(F)(F)F)cccc23)CN1C(=O)[C@@H](NC(=O)OC1CCCC1)C(C)(C)C)C(=O)NS(=O)(=O)OC1CC1. The maximum atomic E-state index is 14.5. The number of alkyl carbamates (subject to hydrolysis) is 1. The molecule has 54 heavy (non-hydrogen) atoms. The second-order valence-corrected chi connectivity index (χ2v) is 16.7. The summed E-state index contributed by atoms with van der Waals surface area (Å²) in [6.45, 7) is 8.58. The number of carbonyl (C=O) groups is 4. The molecule has 4 amide bonds. The van der Waals surface area contributed by atoms with Crippen LogP contribution in [0.3, 0.4) is 0 Å². The fourth-order valence-corrected chi connectivity index (χ4v) is 8.10. The highest BCUT2D eigenvalue weighted by atomic mass is 32.2. The van der Waals surface area contributed by atoms with Gasteiger partial charge in [-0.05, 0) is 68.6 Å². The highest BCUT2D eigenvalue weighted by molar-refractivity contribution is 7.85. The second-order valence-electron chi connectivity index (χ2n) is 15.4. The number of nitrogens with one attached hydrogen (secondary N) is 3. The van der Waals surface area contributed by atoms with Crippen molar-refractivity contribution >= 4 is 44.9 Å². The van der Waals surface area contributed by atoms with Crippen molar-refractivity contribution in [2.24, 2.45) is 11.3 Å². The molecular formula is C36H44F3N5O9S. The van der Waals surface area contributed by atoms with Crippen LogP contribution in [0.2, 0.25) is 0 Å². The summed E-state index contributed by atoms with van der Waals surface area (Å²) in [6.07, 6.45) is -0.707. The summed E-state index contributed by atoms with van der Waals surface area (Å²) in [4.78, 5) is 60.5. The number of benzene rings is 1. The Morgan fingerprint density at radius 2 is 1.72 bits per heavy atom. The van der Waals surface area contributed by atoms with E-state index in [4.69, 9.17) is 13.7 Å². The number of nitrogens with zero attached hydrogens (tertiary/aromatic N) is 2. The summed E-state index contributed by atoms with van der Waals surface area (Å²) in [5.74, 6) is -3.38. The fraction of sp³-hybridized carbons (Fsp3) is 0.583. The first-order valence-electron chi connectivity index (χ1n) is 17.9. The van der Waals surface area contributed by atoms with Crippen molar-refractivity contribution in [3.05, 3.63) is 48.7 Å². The second kappa shape index (κ2) is 14.7. The van der Waals surface area contributed by atoms with Crippen LogP contribution in [0.4, 0.5) is 18.0 Å². The topological polar surface area (TPSA) is 182 Å². The Balaban J connectivity index is 1.28. The van der Waals surface area contributed by atoms with E-state index in [1.54, 1.807) is 20.8 Å². The molecule has 1 aromatic carbocycles. The normalized spacial score (nSPS) is 25.1. The number of hydrogen-bond acceptors (Lipinski definition) is 10. The van der Waals surface area contributed by atoms with E-state index in [1.807, 2.05) is 4.72 Å². The van der Waals surface area contributed by atoms with Gasteiger partial charge in [-0.25, -0.2) is 14.5 Å². The molecule has 0 spiro atoms. The Kier molecular flexibility index (Phi) is 10.7. The van der Waals surface area contributed by atoms with Gasteiger partial charge in [0.25, 0.3) is 5.91 Å². The van der Waals surface area contributed by atoms with E-state index in [-0.39, 0.29) is 42.1 Å². The Labute approximate surface area is 310 Å². The highest BCUT2D eigenvalue weighted by Gasteiger charge is 2.62. The quantitative estimate of drug-likeness (QED) is 0.263. The van der Waals surface area contributed by atoms with E-state index < -0.39 is 87.0 Å². The van der Waals surface area contributed by atoms with E-state index in [1.165, 1.54) is 29.2 Å². The number of rotatable bonds is 12. The zero-order valence-electron chi connectivity index (χ0n) is 30.1. The smallest absolute Gasteiger partial charge is 0.417 e. The van der Waals surface area contributed by atoms with E-state index in [9.17, 15) is 40.8 Å². The molecule has 14 nitrogen and oxygen atoms in total. The lowest BCUT2D eigenvalue weighted by molar-refractivity contribution is -0.143. The molecule has 294 valence electrons. The van der Waals surface area contributed by atoms with Crippen molar-refractivity contribution in [1.82, 2.24) is 25.2 Å². The molecular weight excluding hydrogens is 735 g/mol. The summed E-state index contributed by atoms with van der Waals surface area (Å²) in [6, 6.07) is 2.23. The average Bonchev–Trinajstić information content (AvgIpc) is 3.91. The molecule has 1 aliphatic heterocycles. The van der Waals surface area contributed by atoms with Gasteiger partial charge in [0, 0.05) is 29.3 Å². The summed E-state index contributed by atoms with van der Waals surface area (Å²) in [7, 11) is -4.49. The van der Waals surface area contributed by atoms with Crippen LogP contribution >= 0.6 is 0 Å². The minimum Gasteiger partial charge on any atom is -0.472 e. The first-order valence-corrected chi connectivity index (χ1v) is 19.3. The molecule has 5 atom stereocenters. The Morgan fingerprint density at radius 1 is 1.02 bits per heavy atom. The summed E-state index contributed by atoms with van der Waals surface area (Å²) in [5.41, 5.74) is -3.53. The number of carbonyl (C=O) groups excluding carboxylic acids is 4. The predicted octanol–water partition coefficient (Wildman–Crippen LogP) is 4.29. The molecule has 6 rings (SSSR count). The number of aromatic nitrogens is 1.